The number of rotatable bonds is 1. The minimum Gasteiger partial charge on any atom is -0.496 e. The van der Waals surface area contributed by atoms with E-state index >= 15 is 0 Å². The predicted molar refractivity (Wildman–Crippen MR) is 66.5 cm³/mol. The van der Waals surface area contributed by atoms with Crippen LogP contribution in [0.1, 0.15) is 0 Å². The Kier molecular flexibility index (Phi) is 2.58. The van der Waals surface area contributed by atoms with Gasteiger partial charge in [-0.3, -0.25) is 0 Å². The molecule has 0 aliphatic carbocycles. The molecular formula is C13H9OS2. The SMILES string of the molecule is COc1[c]c2c(cc1)Sc1ccccc1S2. The summed E-state index contributed by atoms with van der Waals surface area (Å²) in [6.45, 7) is 0. The molecule has 1 radical (unpaired) electrons. The summed E-state index contributed by atoms with van der Waals surface area (Å²) in [6.07, 6.45) is 0. The fourth-order valence-corrected chi connectivity index (χ4v) is 3.75. The Morgan fingerprint density at radius 3 is 2.44 bits per heavy atom. The zero-order chi connectivity index (χ0) is 11.0. The normalized spacial score (nSPS) is 12.8. The highest BCUT2D eigenvalue weighted by atomic mass is 32.2. The number of fused-ring (bicyclic) bond motifs is 2. The Labute approximate surface area is 103 Å². The summed E-state index contributed by atoms with van der Waals surface area (Å²) in [5, 5.41) is 0. The molecule has 1 aliphatic rings. The van der Waals surface area contributed by atoms with Gasteiger partial charge in [0.25, 0.3) is 0 Å². The molecule has 0 saturated heterocycles. The van der Waals surface area contributed by atoms with Gasteiger partial charge in [-0.1, -0.05) is 35.7 Å². The van der Waals surface area contributed by atoms with Gasteiger partial charge in [-0.25, -0.2) is 0 Å². The topological polar surface area (TPSA) is 9.23 Å². The lowest BCUT2D eigenvalue weighted by atomic mass is 10.3. The average molecular weight is 245 g/mol. The van der Waals surface area contributed by atoms with E-state index in [0.29, 0.717) is 0 Å². The van der Waals surface area contributed by atoms with Crippen molar-refractivity contribution in [3.63, 3.8) is 0 Å². The third-order valence-corrected chi connectivity index (χ3v) is 4.84. The first-order chi connectivity index (χ1) is 7.86. The van der Waals surface area contributed by atoms with Crippen LogP contribution in [0.2, 0.25) is 0 Å². The van der Waals surface area contributed by atoms with Crippen molar-refractivity contribution in [2.24, 2.45) is 0 Å². The number of hydrogen-bond donors (Lipinski definition) is 0. The maximum Gasteiger partial charge on any atom is 0.128 e. The van der Waals surface area contributed by atoms with Crippen LogP contribution in [-0.2, 0) is 0 Å². The summed E-state index contributed by atoms with van der Waals surface area (Å²) in [5.41, 5.74) is 0. The third kappa shape index (κ3) is 1.70. The molecule has 0 fully saturated rings. The van der Waals surface area contributed by atoms with Crippen LogP contribution in [0.15, 0.2) is 56.0 Å². The van der Waals surface area contributed by atoms with E-state index in [1.807, 2.05) is 6.07 Å². The van der Waals surface area contributed by atoms with Gasteiger partial charge in [0.15, 0.2) is 0 Å². The standard InChI is InChI=1S/C13H9OS2/c1-14-9-6-7-12-13(8-9)16-11-5-3-2-4-10(11)15-12/h2-7H,1H3. The van der Waals surface area contributed by atoms with Crippen molar-refractivity contribution in [1.82, 2.24) is 0 Å². The second kappa shape index (κ2) is 4.07. The van der Waals surface area contributed by atoms with Gasteiger partial charge in [0.2, 0.25) is 0 Å². The highest BCUT2D eigenvalue weighted by Crippen LogP contribution is 2.48. The lowest BCUT2D eigenvalue weighted by molar-refractivity contribution is 0.412. The van der Waals surface area contributed by atoms with Crippen LogP contribution in [0.4, 0.5) is 0 Å². The van der Waals surface area contributed by atoms with Crippen LogP contribution in [0.5, 0.6) is 5.75 Å². The van der Waals surface area contributed by atoms with Crippen molar-refractivity contribution in [2.75, 3.05) is 7.11 Å². The van der Waals surface area contributed by atoms with Crippen LogP contribution >= 0.6 is 23.5 Å². The summed E-state index contributed by atoms with van der Waals surface area (Å²) in [5.74, 6) is 0.797. The number of methoxy groups -OCH3 is 1. The molecule has 3 rings (SSSR count). The van der Waals surface area contributed by atoms with Gasteiger partial charge in [0.1, 0.15) is 5.75 Å². The molecule has 1 aliphatic heterocycles. The van der Waals surface area contributed by atoms with Gasteiger partial charge in [-0.05, 0) is 24.3 Å². The lowest BCUT2D eigenvalue weighted by Gasteiger charge is -2.17. The molecule has 0 bridgehead atoms. The van der Waals surface area contributed by atoms with Crippen molar-refractivity contribution in [3.8, 4) is 5.75 Å². The maximum atomic E-state index is 5.19. The molecule has 3 heteroatoms. The zero-order valence-electron chi connectivity index (χ0n) is 8.69. The van der Waals surface area contributed by atoms with Gasteiger partial charge in [-0.2, -0.15) is 0 Å². The first-order valence-corrected chi connectivity index (χ1v) is 6.55. The number of hydrogen-bond acceptors (Lipinski definition) is 3. The molecular weight excluding hydrogens is 236 g/mol. The van der Waals surface area contributed by atoms with E-state index in [9.17, 15) is 0 Å². The minimum absolute atomic E-state index is 0.797. The predicted octanol–water partition coefficient (Wildman–Crippen LogP) is 4.11. The summed E-state index contributed by atoms with van der Waals surface area (Å²) >= 11 is 3.55. The van der Waals surface area contributed by atoms with Gasteiger partial charge in [-0.15, -0.1) is 0 Å². The van der Waals surface area contributed by atoms with Crippen LogP contribution in [0.3, 0.4) is 0 Å². The van der Waals surface area contributed by atoms with E-state index in [1.54, 1.807) is 30.6 Å². The fraction of sp³-hybridized carbons (Fsp3) is 0.0769. The summed E-state index contributed by atoms with van der Waals surface area (Å²) < 4.78 is 5.19. The molecule has 0 amide bonds. The molecule has 0 unspecified atom stereocenters. The summed E-state index contributed by atoms with van der Waals surface area (Å²) in [6, 6.07) is 15.8. The fourth-order valence-electron chi connectivity index (χ4n) is 1.56. The number of ether oxygens (including phenoxy) is 1. The van der Waals surface area contributed by atoms with Crippen molar-refractivity contribution < 1.29 is 4.74 Å². The van der Waals surface area contributed by atoms with E-state index in [-0.39, 0.29) is 0 Å². The zero-order valence-corrected chi connectivity index (χ0v) is 10.3. The molecule has 0 atom stereocenters. The number of benzene rings is 2. The highest BCUT2D eigenvalue weighted by molar-refractivity contribution is 8.05. The molecule has 0 N–H and O–H groups in total. The smallest absolute Gasteiger partial charge is 0.128 e. The molecule has 16 heavy (non-hydrogen) atoms. The molecule has 79 valence electrons. The Morgan fingerprint density at radius 2 is 1.69 bits per heavy atom. The van der Waals surface area contributed by atoms with E-state index in [4.69, 9.17) is 4.74 Å². The van der Waals surface area contributed by atoms with E-state index in [2.05, 4.69) is 36.4 Å². The summed E-state index contributed by atoms with van der Waals surface area (Å²) in [4.78, 5) is 5.02. The van der Waals surface area contributed by atoms with Crippen LogP contribution in [0.25, 0.3) is 0 Å². The Balaban J connectivity index is 2.05. The third-order valence-electron chi connectivity index (χ3n) is 2.35. The first kappa shape index (κ1) is 10.1. The quantitative estimate of drug-likeness (QED) is 0.638. The summed E-state index contributed by atoms with van der Waals surface area (Å²) in [7, 11) is 1.67. The second-order valence-corrected chi connectivity index (χ2v) is 5.51. The van der Waals surface area contributed by atoms with Crippen LogP contribution in [-0.4, -0.2) is 7.11 Å². The second-order valence-electron chi connectivity index (χ2n) is 3.37. The van der Waals surface area contributed by atoms with Crippen molar-refractivity contribution >= 4 is 23.5 Å². The Hall–Kier alpha value is -1.06. The highest BCUT2D eigenvalue weighted by Gasteiger charge is 2.16. The Bertz CT molecular complexity index is 537. The molecule has 0 spiro atoms. The van der Waals surface area contributed by atoms with Crippen molar-refractivity contribution in [2.45, 2.75) is 19.6 Å². The van der Waals surface area contributed by atoms with Crippen molar-refractivity contribution in [3.05, 3.63) is 42.5 Å². The Morgan fingerprint density at radius 1 is 0.938 bits per heavy atom. The van der Waals surface area contributed by atoms with Gasteiger partial charge < -0.3 is 4.74 Å². The van der Waals surface area contributed by atoms with E-state index in [0.717, 1.165) is 10.6 Å². The minimum atomic E-state index is 0.797. The first-order valence-electron chi connectivity index (χ1n) is 4.92. The molecule has 0 saturated carbocycles. The van der Waals surface area contributed by atoms with Gasteiger partial charge in [0, 0.05) is 25.6 Å². The van der Waals surface area contributed by atoms with Gasteiger partial charge in [0.05, 0.1) is 7.11 Å². The van der Waals surface area contributed by atoms with E-state index in [1.165, 1.54) is 14.7 Å². The molecule has 1 heterocycles. The monoisotopic (exact) mass is 245 g/mol. The molecule has 1 nitrogen and oxygen atoms in total. The lowest BCUT2D eigenvalue weighted by Crippen LogP contribution is -1.91. The maximum absolute atomic E-state index is 5.19. The van der Waals surface area contributed by atoms with E-state index < -0.39 is 0 Å². The van der Waals surface area contributed by atoms with Crippen LogP contribution < -0.4 is 4.74 Å². The molecule has 2 aromatic rings. The average Bonchev–Trinajstić information content (AvgIpc) is 2.35. The largest absolute Gasteiger partial charge is 0.496 e. The van der Waals surface area contributed by atoms with Crippen LogP contribution in [0, 0.1) is 6.07 Å². The molecule has 2 aromatic carbocycles. The van der Waals surface area contributed by atoms with Gasteiger partial charge >= 0.3 is 0 Å². The molecule has 0 aromatic heterocycles. The van der Waals surface area contributed by atoms with Crippen molar-refractivity contribution in [1.29, 1.82) is 0 Å².